The van der Waals surface area contributed by atoms with Crippen LogP contribution in [-0.4, -0.2) is 11.4 Å². The Labute approximate surface area is 93.7 Å². The topological polar surface area (TPSA) is 3.24 Å². The number of allylic oxidation sites excluding steroid dienone is 3. The van der Waals surface area contributed by atoms with Gasteiger partial charge < -0.3 is 4.90 Å². The summed E-state index contributed by atoms with van der Waals surface area (Å²) in [5.74, 6) is 0. The van der Waals surface area contributed by atoms with Crippen molar-refractivity contribution in [2.75, 3.05) is 6.54 Å². The number of rotatable bonds is 1. The van der Waals surface area contributed by atoms with Crippen LogP contribution in [-0.2, 0) is 32.7 Å². The van der Waals surface area contributed by atoms with Crippen molar-refractivity contribution in [1.82, 2.24) is 4.90 Å². The van der Waals surface area contributed by atoms with Crippen molar-refractivity contribution in [3.05, 3.63) is 36.2 Å². The number of likely N-dealkylation sites (N-methyl/N-ethyl adjacent to an activating group) is 1. The maximum Gasteiger partial charge on any atom is 0 e. The van der Waals surface area contributed by atoms with Crippen molar-refractivity contribution in [2.45, 2.75) is 13.8 Å². The van der Waals surface area contributed by atoms with Crippen LogP contribution in [0.15, 0.2) is 30.0 Å². The van der Waals surface area contributed by atoms with Gasteiger partial charge in [-0.3, -0.25) is 0 Å². The van der Waals surface area contributed by atoms with E-state index in [4.69, 9.17) is 0 Å². The summed E-state index contributed by atoms with van der Waals surface area (Å²) in [4.78, 5) is 2.01. The van der Waals surface area contributed by atoms with E-state index in [2.05, 4.69) is 19.7 Å². The zero-order valence-electron chi connectivity index (χ0n) is 7.09. The van der Waals surface area contributed by atoms with E-state index in [1.54, 1.807) is 0 Å². The van der Waals surface area contributed by atoms with Gasteiger partial charge in [0.05, 0.1) is 0 Å². The van der Waals surface area contributed by atoms with Gasteiger partial charge in [-0.2, -0.15) is 6.08 Å². The quantitative estimate of drug-likeness (QED) is 0.615. The molecule has 1 aliphatic rings. The zero-order valence-corrected chi connectivity index (χ0v) is 9.93. The summed E-state index contributed by atoms with van der Waals surface area (Å²) in [5, 5.41) is 0. The second kappa shape index (κ2) is 4.89. The Hall–Kier alpha value is 0.124. The van der Waals surface area contributed by atoms with E-state index in [-0.39, 0.29) is 32.7 Å². The van der Waals surface area contributed by atoms with Crippen molar-refractivity contribution in [3.63, 3.8) is 0 Å². The van der Waals surface area contributed by atoms with Gasteiger partial charge in [0.25, 0.3) is 0 Å². The fourth-order valence-corrected chi connectivity index (χ4v) is 0.915. The number of nitrogens with zero attached hydrogens (tertiary/aromatic N) is 1. The third-order valence-corrected chi connectivity index (χ3v) is 1.50. The maximum absolute atomic E-state index is 3.86. The maximum atomic E-state index is 3.86. The summed E-state index contributed by atoms with van der Waals surface area (Å²) in [7, 11) is 0. The van der Waals surface area contributed by atoms with E-state index in [0.29, 0.717) is 0 Å². The van der Waals surface area contributed by atoms with Crippen molar-refractivity contribution in [3.8, 4) is 0 Å². The SMILES string of the molecule is C=C1C=CC(C)=[C-]N1CC.[Y]. The molecule has 0 atom stereocenters. The molecule has 0 saturated carbocycles. The molecule has 2 heteroatoms. The Kier molecular flexibility index (Phi) is 4.95. The standard InChI is InChI=1S/C9H12N.Y/c1-4-10-7-8(2)5-6-9(10)3;/h5-6H,3-4H2,1-2H3;/q-1;. The molecule has 0 aliphatic carbocycles. The first kappa shape index (κ1) is 11.1. The smallest absolute Gasteiger partial charge is 0 e. The molecule has 0 N–H and O–H groups in total. The molecule has 11 heavy (non-hydrogen) atoms. The fourth-order valence-electron chi connectivity index (χ4n) is 0.915. The van der Waals surface area contributed by atoms with Crippen molar-refractivity contribution in [2.24, 2.45) is 0 Å². The van der Waals surface area contributed by atoms with Gasteiger partial charge in [0.15, 0.2) is 0 Å². The van der Waals surface area contributed by atoms with Gasteiger partial charge in [-0.05, 0) is 13.5 Å². The second-order valence-electron chi connectivity index (χ2n) is 2.36. The molecule has 0 fully saturated rings. The third-order valence-electron chi connectivity index (χ3n) is 1.50. The molecule has 0 aromatic rings. The number of hydrogen-bond donors (Lipinski definition) is 0. The van der Waals surface area contributed by atoms with Crippen LogP contribution in [0.3, 0.4) is 0 Å². The first-order valence-electron chi connectivity index (χ1n) is 3.48. The van der Waals surface area contributed by atoms with Gasteiger partial charge in [0.1, 0.15) is 0 Å². The normalized spacial score (nSPS) is 16.0. The van der Waals surface area contributed by atoms with Gasteiger partial charge in [-0.15, -0.1) is 18.2 Å². The minimum Gasteiger partial charge on any atom is -0.456 e. The first-order chi connectivity index (χ1) is 4.74. The molecule has 57 valence electrons. The Morgan fingerprint density at radius 3 is 2.64 bits per heavy atom. The zero-order chi connectivity index (χ0) is 7.56. The molecule has 0 aromatic heterocycles. The Balaban J connectivity index is 0.000001000. The van der Waals surface area contributed by atoms with Crippen LogP contribution in [0.25, 0.3) is 0 Å². The van der Waals surface area contributed by atoms with Crippen LogP contribution in [0, 0.1) is 6.20 Å². The molecule has 1 heterocycles. The van der Waals surface area contributed by atoms with Crippen LogP contribution in [0.1, 0.15) is 13.8 Å². The van der Waals surface area contributed by atoms with Crippen LogP contribution >= 0.6 is 0 Å². The van der Waals surface area contributed by atoms with E-state index in [1.165, 1.54) is 0 Å². The summed E-state index contributed by atoms with van der Waals surface area (Å²) in [6, 6.07) is 0. The molecule has 0 saturated heterocycles. The van der Waals surface area contributed by atoms with Crippen LogP contribution in [0.2, 0.25) is 0 Å². The molecule has 1 nitrogen and oxygen atoms in total. The van der Waals surface area contributed by atoms with Crippen LogP contribution in [0.4, 0.5) is 0 Å². The van der Waals surface area contributed by atoms with Gasteiger partial charge in [-0.1, -0.05) is 18.8 Å². The molecule has 0 bridgehead atoms. The molecule has 0 amide bonds. The fraction of sp³-hybridized carbons (Fsp3) is 0.333. The van der Waals surface area contributed by atoms with Crippen molar-refractivity contribution < 1.29 is 32.7 Å². The minimum absolute atomic E-state index is 0. The van der Waals surface area contributed by atoms with E-state index in [9.17, 15) is 0 Å². The molecule has 0 unspecified atom stereocenters. The predicted molar refractivity (Wildman–Crippen MR) is 43.1 cm³/mol. The summed E-state index contributed by atoms with van der Waals surface area (Å²) < 4.78 is 0. The second-order valence-corrected chi connectivity index (χ2v) is 2.36. The molecular weight excluding hydrogens is 211 g/mol. The van der Waals surface area contributed by atoms with Gasteiger partial charge in [0.2, 0.25) is 0 Å². The predicted octanol–water partition coefficient (Wildman–Crippen LogP) is 2.10. The summed E-state index contributed by atoms with van der Waals surface area (Å²) in [6.45, 7) is 8.93. The number of hydrogen-bond acceptors (Lipinski definition) is 1. The average Bonchev–Trinajstić information content (AvgIpc) is 1.94. The molecule has 0 aromatic carbocycles. The third kappa shape index (κ3) is 2.92. The molecule has 0 spiro atoms. The average molecular weight is 223 g/mol. The molecule has 1 rings (SSSR count). The summed E-state index contributed by atoms with van der Waals surface area (Å²) >= 11 is 0. The Morgan fingerprint density at radius 1 is 1.55 bits per heavy atom. The van der Waals surface area contributed by atoms with Crippen molar-refractivity contribution in [1.29, 1.82) is 0 Å². The summed E-state index contributed by atoms with van der Waals surface area (Å²) in [6.07, 6.45) is 7.21. The van der Waals surface area contributed by atoms with Gasteiger partial charge in [0, 0.05) is 32.7 Å². The van der Waals surface area contributed by atoms with Gasteiger partial charge in [-0.25, -0.2) is 0 Å². The van der Waals surface area contributed by atoms with Crippen LogP contribution in [0.5, 0.6) is 0 Å². The van der Waals surface area contributed by atoms with Crippen LogP contribution < -0.4 is 0 Å². The van der Waals surface area contributed by atoms with Gasteiger partial charge >= 0.3 is 0 Å². The van der Waals surface area contributed by atoms with E-state index < -0.39 is 0 Å². The molecule has 1 aliphatic heterocycles. The Bertz CT molecular complexity index is 204. The van der Waals surface area contributed by atoms with E-state index >= 15 is 0 Å². The largest absolute Gasteiger partial charge is 0.456 e. The monoisotopic (exact) mass is 223 g/mol. The van der Waals surface area contributed by atoms with E-state index in [0.717, 1.165) is 17.8 Å². The van der Waals surface area contributed by atoms with Crippen molar-refractivity contribution >= 4 is 0 Å². The molecular formula is C9H12NY-. The minimum atomic E-state index is 0. The molecule has 1 radical (unpaired) electrons. The van der Waals surface area contributed by atoms with E-state index in [1.807, 2.05) is 24.0 Å². The summed E-state index contributed by atoms with van der Waals surface area (Å²) in [5.41, 5.74) is 2.18. The first-order valence-corrected chi connectivity index (χ1v) is 3.48. The Morgan fingerprint density at radius 2 is 2.18 bits per heavy atom.